The highest BCUT2D eigenvalue weighted by Crippen LogP contribution is 2.04. The van der Waals surface area contributed by atoms with Crippen LogP contribution in [0.3, 0.4) is 0 Å². The molecule has 0 atom stereocenters. The van der Waals surface area contributed by atoms with Crippen molar-refractivity contribution in [1.29, 1.82) is 0 Å². The number of carbonyl (C=O) groups is 1. The predicted molar refractivity (Wildman–Crippen MR) is 63.3 cm³/mol. The number of rotatable bonds is 5. The first-order valence-electron chi connectivity index (χ1n) is 4.44. The Balaban J connectivity index is 2.37. The van der Waals surface area contributed by atoms with Crippen LogP contribution >= 0.6 is 22.6 Å². The highest BCUT2D eigenvalue weighted by molar-refractivity contribution is 14.1. The minimum absolute atomic E-state index is 0.350. The molecule has 0 bridgehead atoms. The monoisotopic (exact) mass is 288 g/mol. The molecule has 0 amide bonds. The molecular weight excluding hydrogens is 275 g/mol. The molecule has 70 valence electrons. The minimum atomic E-state index is 0.350. The van der Waals surface area contributed by atoms with Gasteiger partial charge in [0.15, 0.2) is 0 Å². The molecule has 0 radical (unpaired) electrons. The number of halogens is 1. The molecule has 0 aliphatic rings. The Kier molecular flexibility index (Phi) is 5.05. The first-order valence-corrected chi connectivity index (χ1v) is 5.97. The summed E-state index contributed by atoms with van der Waals surface area (Å²) in [5.74, 6) is 0.350. The molecule has 1 nitrogen and oxygen atoms in total. The Morgan fingerprint density at radius 2 is 1.92 bits per heavy atom. The van der Waals surface area contributed by atoms with Crippen LogP contribution in [-0.4, -0.2) is 10.2 Å². The maximum atomic E-state index is 11.4. The topological polar surface area (TPSA) is 17.1 Å². The highest BCUT2D eigenvalue weighted by Gasteiger charge is 2.01. The van der Waals surface area contributed by atoms with Crippen molar-refractivity contribution >= 4 is 28.4 Å². The summed E-state index contributed by atoms with van der Waals surface area (Å²) >= 11 is 2.30. The molecule has 1 rings (SSSR count). The summed E-state index contributed by atoms with van der Waals surface area (Å²) in [6, 6.07) is 9.92. The van der Waals surface area contributed by atoms with Gasteiger partial charge in [-0.1, -0.05) is 52.9 Å². The van der Waals surface area contributed by atoms with Crippen molar-refractivity contribution in [3.05, 3.63) is 35.9 Å². The van der Waals surface area contributed by atoms with E-state index in [1.54, 1.807) is 0 Å². The van der Waals surface area contributed by atoms with E-state index in [1.165, 1.54) is 0 Å². The lowest BCUT2D eigenvalue weighted by Crippen LogP contribution is -2.02. The van der Waals surface area contributed by atoms with E-state index < -0.39 is 0 Å². The van der Waals surface area contributed by atoms with E-state index in [0.29, 0.717) is 12.2 Å². The van der Waals surface area contributed by atoms with Crippen LogP contribution in [0.25, 0.3) is 0 Å². The molecule has 0 unspecified atom stereocenters. The van der Waals surface area contributed by atoms with Crippen molar-refractivity contribution in [2.45, 2.75) is 19.3 Å². The quantitative estimate of drug-likeness (QED) is 0.601. The molecule has 0 saturated heterocycles. The minimum Gasteiger partial charge on any atom is -0.299 e. The van der Waals surface area contributed by atoms with Gasteiger partial charge < -0.3 is 0 Å². The molecule has 1 aromatic carbocycles. The Bertz CT molecular complexity index is 256. The lowest BCUT2D eigenvalue weighted by Gasteiger charge is -1.99. The average molecular weight is 288 g/mol. The van der Waals surface area contributed by atoms with Gasteiger partial charge in [0.05, 0.1) is 0 Å². The lowest BCUT2D eigenvalue weighted by atomic mass is 10.1. The summed E-state index contributed by atoms with van der Waals surface area (Å²) in [6.45, 7) is 0. The molecule has 0 spiro atoms. The van der Waals surface area contributed by atoms with E-state index in [2.05, 4.69) is 22.6 Å². The van der Waals surface area contributed by atoms with Crippen LogP contribution in [0, 0.1) is 0 Å². The van der Waals surface area contributed by atoms with Crippen molar-refractivity contribution < 1.29 is 4.79 Å². The van der Waals surface area contributed by atoms with Crippen LogP contribution < -0.4 is 0 Å². The second-order valence-corrected chi connectivity index (χ2v) is 4.07. The second kappa shape index (κ2) is 6.13. The van der Waals surface area contributed by atoms with Crippen molar-refractivity contribution in [1.82, 2.24) is 0 Å². The van der Waals surface area contributed by atoms with Gasteiger partial charge in [-0.05, 0) is 16.4 Å². The van der Waals surface area contributed by atoms with Gasteiger partial charge in [-0.3, -0.25) is 4.79 Å². The number of ketones is 1. The van der Waals surface area contributed by atoms with Crippen molar-refractivity contribution in [3.8, 4) is 0 Å². The zero-order valence-corrected chi connectivity index (χ0v) is 9.66. The third-order valence-corrected chi connectivity index (χ3v) is 2.60. The van der Waals surface area contributed by atoms with Crippen molar-refractivity contribution in [2.24, 2.45) is 0 Å². The third-order valence-electron chi connectivity index (χ3n) is 1.83. The number of Topliss-reactive ketones (excluding diaryl/α,β-unsaturated/α-hetero) is 1. The van der Waals surface area contributed by atoms with Gasteiger partial charge in [-0.25, -0.2) is 0 Å². The lowest BCUT2D eigenvalue weighted by molar-refractivity contribution is -0.118. The van der Waals surface area contributed by atoms with Gasteiger partial charge in [-0.2, -0.15) is 0 Å². The van der Waals surface area contributed by atoms with E-state index in [0.717, 1.165) is 22.8 Å². The Morgan fingerprint density at radius 1 is 1.23 bits per heavy atom. The van der Waals surface area contributed by atoms with Crippen LogP contribution in [0.4, 0.5) is 0 Å². The molecule has 0 saturated carbocycles. The Hall–Kier alpha value is -0.380. The molecule has 0 fully saturated rings. The van der Waals surface area contributed by atoms with E-state index in [-0.39, 0.29) is 0 Å². The first kappa shape index (κ1) is 10.7. The van der Waals surface area contributed by atoms with Crippen molar-refractivity contribution in [2.75, 3.05) is 4.43 Å². The zero-order valence-electron chi connectivity index (χ0n) is 7.50. The molecular formula is C11H13IO. The fourth-order valence-electron chi connectivity index (χ4n) is 1.18. The summed E-state index contributed by atoms with van der Waals surface area (Å²) in [5, 5.41) is 0. The number of hydrogen-bond donors (Lipinski definition) is 0. The molecule has 0 aromatic heterocycles. The van der Waals surface area contributed by atoms with E-state index in [9.17, 15) is 4.79 Å². The van der Waals surface area contributed by atoms with Crippen LogP contribution in [0.5, 0.6) is 0 Å². The van der Waals surface area contributed by atoms with Crippen LogP contribution in [0.2, 0.25) is 0 Å². The predicted octanol–water partition coefficient (Wildman–Crippen LogP) is 3.01. The summed E-state index contributed by atoms with van der Waals surface area (Å²) in [5.41, 5.74) is 1.13. The molecule has 1 aromatic rings. The molecule has 0 N–H and O–H groups in total. The number of hydrogen-bond acceptors (Lipinski definition) is 1. The maximum Gasteiger partial charge on any atom is 0.137 e. The number of alkyl halides is 1. The second-order valence-electron chi connectivity index (χ2n) is 2.99. The molecule has 0 aliphatic heterocycles. The van der Waals surface area contributed by atoms with Gasteiger partial charge in [0.2, 0.25) is 0 Å². The average Bonchev–Trinajstić information content (AvgIpc) is 2.16. The van der Waals surface area contributed by atoms with Gasteiger partial charge in [0.25, 0.3) is 0 Å². The first-order chi connectivity index (χ1) is 6.33. The smallest absolute Gasteiger partial charge is 0.137 e. The maximum absolute atomic E-state index is 11.4. The summed E-state index contributed by atoms with van der Waals surface area (Å²) < 4.78 is 1.07. The SMILES string of the molecule is O=C(CCCI)Cc1ccccc1. The molecule has 13 heavy (non-hydrogen) atoms. The van der Waals surface area contributed by atoms with E-state index in [1.807, 2.05) is 30.3 Å². The van der Waals surface area contributed by atoms with Crippen molar-refractivity contribution in [3.63, 3.8) is 0 Å². The Labute approximate surface area is 92.7 Å². The van der Waals surface area contributed by atoms with Gasteiger partial charge in [0.1, 0.15) is 5.78 Å². The summed E-state index contributed by atoms with van der Waals surface area (Å²) in [4.78, 5) is 11.4. The summed E-state index contributed by atoms with van der Waals surface area (Å²) in [7, 11) is 0. The third kappa shape index (κ3) is 4.41. The Morgan fingerprint density at radius 3 is 2.54 bits per heavy atom. The molecule has 2 heteroatoms. The normalized spacial score (nSPS) is 9.92. The number of carbonyl (C=O) groups excluding carboxylic acids is 1. The molecule has 0 heterocycles. The zero-order chi connectivity index (χ0) is 9.52. The number of benzene rings is 1. The highest BCUT2D eigenvalue weighted by atomic mass is 127. The van der Waals surface area contributed by atoms with Crippen LogP contribution in [0.15, 0.2) is 30.3 Å². The van der Waals surface area contributed by atoms with Crippen LogP contribution in [-0.2, 0) is 11.2 Å². The standard InChI is InChI=1S/C11H13IO/c12-8-4-7-11(13)9-10-5-2-1-3-6-10/h1-3,5-6H,4,7-9H2. The largest absolute Gasteiger partial charge is 0.299 e. The van der Waals surface area contributed by atoms with E-state index >= 15 is 0 Å². The van der Waals surface area contributed by atoms with E-state index in [4.69, 9.17) is 0 Å². The molecule has 0 aliphatic carbocycles. The fourth-order valence-corrected chi connectivity index (χ4v) is 1.56. The fraction of sp³-hybridized carbons (Fsp3) is 0.364. The van der Waals surface area contributed by atoms with Crippen LogP contribution in [0.1, 0.15) is 18.4 Å². The van der Waals surface area contributed by atoms with Gasteiger partial charge in [-0.15, -0.1) is 0 Å². The van der Waals surface area contributed by atoms with Gasteiger partial charge in [0, 0.05) is 12.8 Å². The van der Waals surface area contributed by atoms with Gasteiger partial charge >= 0.3 is 0 Å². The summed E-state index contributed by atoms with van der Waals surface area (Å²) in [6.07, 6.45) is 2.32.